The Bertz CT molecular complexity index is 762. The van der Waals surface area contributed by atoms with Crippen LogP contribution in [0, 0.1) is 0 Å². The number of carbonyl (C=O) groups excluding carboxylic acids is 2. The monoisotopic (exact) mass is 437 g/mol. The van der Waals surface area contributed by atoms with Crippen LogP contribution in [0.3, 0.4) is 0 Å². The first-order valence-corrected chi connectivity index (χ1v) is 11.1. The lowest BCUT2D eigenvalue weighted by Crippen LogP contribution is -2.56. The highest BCUT2D eigenvalue weighted by molar-refractivity contribution is 6.42. The number of hydrogen-bond donors (Lipinski definition) is 0. The second-order valence-electron chi connectivity index (χ2n) is 7.92. The molecule has 0 bridgehead atoms. The molecule has 5 nitrogen and oxygen atoms in total. The van der Waals surface area contributed by atoms with Crippen molar-refractivity contribution >= 4 is 41.1 Å². The van der Waals surface area contributed by atoms with E-state index in [1.165, 1.54) is 38.4 Å². The maximum absolute atomic E-state index is 12.6. The van der Waals surface area contributed by atoms with Crippen molar-refractivity contribution in [1.82, 2.24) is 14.7 Å². The molecule has 29 heavy (non-hydrogen) atoms. The third kappa shape index (κ3) is 6.21. The summed E-state index contributed by atoms with van der Waals surface area (Å²) in [5.41, 5.74) is 0.795. The van der Waals surface area contributed by atoms with Gasteiger partial charge in [-0.15, -0.1) is 0 Å². The number of piperazine rings is 1. The van der Waals surface area contributed by atoms with Crippen molar-refractivity contribution in [2.24, 2.45) is 0 Å². The lowest BCUT2D eigenvalue weighted by Gasteiger charge is -2.39. The minimum atomic E-state index is -0.163. The van der Waals surface area contributed by atoms with Crippen molar-refractivity contribution in [3.63, 3.8) is 0 Å². The van der Waals surface area contributed by atoms with Crippen LogP contribution in [0.4, 0.5) is 0 Å². The number of carbonyl (C=O) groups is 2. The van der Waals surface area contributed by atoms with Crippen LogP contribution < -0.4 is 0 Å². The molecule has 2 aliphatic rings. The fraction of sp³-hybridized carbons (Fsp3) is 0.545. The van der Waals surface area contributed by atoms with Crippen LogP contribution in [0.1, 0.15) is 38.2 Å². The Morgan fingerprint density at radius 1 is 1.14 bits per heavy atom. The Labute approximate surface area is 183 Å². The molecule has 2 heterocycles. The predicted octanol–water partition coefficient (Wildman–Crippen LogP) is 3.94. The van der Waals surface area contributed by atoms with Crippen molar-refractivity contribution in [2.45, 2.75) is 38.6 Å². The molecule has 2 fully saturated rings. The van der Waals surface area contributed by atoms with Crippen molar-refractivity contribution in [3.8, 4) is 0 Å². The van der Waals surface area contributed by atoms with Crippen LogP contribution in [0.25, 0.3) is 6.08 Å². The summed E-state index contributed by atoms with van der Waals surface area (Å²) in [4.78, 5) is 31.2. The van der Waals surface area contributed by atoms with Crippen LogP contribution in [0.2, 0.25) is 10.0 Å². The Hall–Kier alpha value is -1.56. The normalized spacial score (nSPS) is 21.2. The quantitative estimate of drug-likeness (QED) is 0.632. The van der Waals surface area contributed by atoms with Gasteiger partial charge in [-0.05, 0) is 69.6 Å². The first-order chi connectivity index (χ1) is 13.9. The van der Waals surface area contributed by atoms with E-state index in [0.717, 1.165) is 25.1 Å². The standard InChI is InChI=1S/C22H29Cl2N3O2/c1-17-15-26(21(28)9-7-18-6-8-19(23)20(24)14-18)16-22(29)27(17)13-5-12-25-10-3-2-4-11-25/h6-9,14,17H,2-5,10-13,15-16H2,1H3/b9-7+. The topological polar surface area (TPSA) is 43.9 Å². The molecular formula is C22H29Cl2N3O2. The Morgan fingerprint density at radius 2 is 1.90 bits per heavy atom. The highest BCUT2D eigenvalue weighted by atomic mass is 35.5. The number of hydrogen-bond acceptors (Lipinski definition) is 3. The molecule has 1 aromatic rings. The maximum atomic E-state index is 12.6. The summed E-state index contributed by atoms with van der Waals surface area (Å²) in [5.74, 6) is -0.136. The summed E-state index contributed by atoms with van der Waals surface area (Å²) in [6.07, 6.45) is 8.08. The third-order valence-corrected chi connectivity index (χ3v) is 6.40. The fourth-order valence-corrected chi connectivity index (χ4v) is 4.34. The average molecular weight is 438 g/mol. The number of benzene rings is 1. The molecule has 0 N–H and O–H groups in total. The van der Waals surface area contributed by atoms with Gasteiger partial charge in [-0.2, -0.15) is 0 Å². The zero-order valence-corrected chi connectivity index (χ0v) is 18.5. The van der Waals surface area contributed by atoms with Crippen LogP contribution in [-0.4, -0.2) is 71.8 Å². The number of amides is 2. The minimum Gasteiger partial charge on any atom is -0.337 e. The molecule has 2 aliphatic heterocycles. The summed E-state index contributed by atoms with van der Waals surface area (Å²) in [7, 11) is 0. The molecule has 3 rings (SSSR count). The van der Waals surface area contributed by atoms with Crippen LogP contribution >= 0.6 is 23.2 Å². The predicted molar refractivity (Wildman–Crippen MR) is 118 cm³/mol. The molecule has 0 saturated carbocycles. The van der Waals surface area contributed by atoms with E-state index in [1.807, 2.05) is 11.8 Å². The molecule has 158 valence electrons. The Morgan fingerprint density at radius 3 is 2.59 bits per heavy atom. The fourth-order valence-electron chi connectivity index (χ4n) is 4.03. The summed E-state index contributed by atoms with van der Waals surface area (Å²) in [6.45, 7) is 6.87. The van der Waals surface area contributed by atoms with Gasteiger partial charge >= 0.3 is 0 Å². The molecule has 0 aromatic heterocycles. The van der Waals surface area contributed by atoms with Gasteiger partial charge in [-0.25, -0.2) is 0 Å². The molecule has 2 saturated heterocycles. The van der Waals surface area contributed by atoms with Gasteiger partial charge in [0.1, 0.15) is 6.54 Å². The summed E-state index contributed by atoms with van der Waals surface area (Å²) >= 11 is 11.9. The molecule has 1 aromatic carbocycles. The van der Waals surface area contributed by atoms with E-state index >= 15 is 0 Å². The molecule has 2 amide bonds. The summed E-state index contributed by atoms with van der Waals surface area (Å²) < 4.78 is 0. The van der Waals surface area contributed by atoms with Gasteiger partial charge < -0.3 is 14.7 Å². The molecular weight excluding hydrogens is 409 g/mol. The number of likely N-dealkylation sites (tertiary alicyclic amines) is 1. The van der Waals surface area contributed by atoms with E-state index in [0.29, 0.717) is 16.6 Å². The maximum Gasteiger partial charge on any atom is 0.247 e. The second kappa shape index (κ2) is 10.5. The van der Waals surface area contributed by atoms with E-state index in [9.17, 15) is 9.59 Å². The lowest BCUT2D eigenvalue weighted by molar-refractivity contribution is -0.146. The van der Waals surface area contributed by atoms with Crippen LogP contribution in [0.5, 0.6) is 0 Å². The van der Waals surface area contributed by atoms with Crippen molar-refractivity contribution in [3.05, 3.63) is 39.9 Å². The third-order valence-electron chi connectivity index (χ3n) is 5.66. The smallest absolute Gasteiger partial charge is 0.247 e. The lowest BCUT2D eigenvalue weighted by atomic mass is 10.1. The van der Waals surface area contributed by atoms with E-state index in [4.69, 9.17) is 23.2 Å². The largest absolute Gasteiger partial charge is 0.337 e. The zero-order valence-electron chi connectivity index (χ0n) is 16.9. The van der Waals surface area contributed by atoms with Crippen molar-refractivity contribution < 1.29 is 9.59 Å². The highest BCUT2D eigenvalue weighted by Gasteiger charge is 2.31. The van der Waals surface area contributed by atoms with Gasteiger partial charge in [0.15, 0.2) is 0 Å². The molecule has 1 unspecified atom stereocenters. The SMILES string of the molecule is CC1CN(C(=O)/C=C/c2ccc(Cl)c(Cl)c2)CC(=O)N1CCCN1CCCCC1. The highest BCUT2D eigenvalue weighted by Crippen LogP contribution is 2.23. The van der Waals surface area contributed by atoms with Crippen molar-refractivity contribution in [2.75, 3.05) is 39.3 Å². The minimum absolute atomic E-state index is 0.0266. The van der Waals surface area contributed by atoms with E-state index in [-0.39, 0.29) is 24.4 Å². The van der Waals surface area contributed by atoms with Crippen LogP contribution in [-0.2, 0) is 9.59 Å². The molecule has 1 atom stereocenters. The number of piperidine rings is 1. The van der Waals surface area contributed by atoms with E-state index < -0.39 is 0 Å². The van der Waals surface area contributed by atoms with Crippen molar-refractivity contribution in [1.29, 1.82) is 0 Å². The van der Waals surface area contributed by atoms with Gasteiger partial charge in [0.2, 0.25) is 11.8 Å². The van der Waals surface area contributed by atoms with Gasteiger partial charge in [-0.1, -0.05) is 35.7 Å². The second-order valence-corrected chi connectivity index (χ2v) is 8.73. The van der Waals surface area contributed by atoms with Gasteiger partial charge in [0.25, 0.3) is 0 Å². The Kier molecular flexibility index (Phi) is 7.99. The van der Waals surface area contributed by atoms with Crippen LogP contribution in [0.15, 0.2) is 24.3 Å². The first-order valence-electron chi connectivity index (χ1n) is 10.4. The number of halogens is 2. The van der Waals surface area contributed by atoms with E-state index in [1.54, 1.807) is 29.2 Å². The number of rotatable bonds is 6. The summed E-state index contributed by atoms with van der Waals surface area (Å²) in [5, 5.41) is 0.925. The molecule has 0 radical (unpaired) electrons. The zero-order chi connectivity index (χ0) is 20.8. The summed E-state index contributed by atoms with van der Waals surface area (Å²) in [6, 6.07) is 5.23. The number of nitrogens with zero attached hydrogens (tertiary/aromatic N) is 3. The Balaban J connectivity index is 1.49. The molecule has 7 heteroatoms. The van der Waals surface area contributed by atoms with Gasteiger partial charge in [0, 0.05) is 25.2 Å². The molecule has 0 spiro atoms. The van der Waals surface area contributed by atoms with E-state index in [2.05, 4.69) is 4.90 Å². The average Bonchev–Trinajstić information content (AvgIpc) is 2.71. The first kappa shape index (κ1) is 22.1. The molecule has 0 aliphatic carbocycles. The van der Waals surface area contributed by atoms with Gasteiger partial charge in [0.05, 0.1) is 10.0 Å². The van der Waals surface area contributed by atoms with Gasteiger partial charge in [-0.3, -0.25) is 9.59 Å².